The lowest BCUT2D eigenvalue weighted by Crippen LogP contribution is -2.13. The van der Waals surface area contributed by atoms with E-state index in [0.717, 1.165) is 11.1 Å². The highest BCUT2D eigenvalue weighted by molar-refractivity contribution is 6.01. The van der Waals surface area contributed by atoms with Crippen molar-refractivity contribution >= 4 is 5.91 Å². The van der Waals surface area contributed by atoms with Crippen molar-refractivity contribution in [2.45, 2.75) is 13.8 Å². The largest absolute Gasteiger partial charge is 0.348 e. The van der Waals surface area contributed by atoms with E-state index in [-0.39, 0.29) is 5.91 Å². The molecule has 1 N–H and O–H groups in total. The quantitative estimate of drug-likeness (QED) is 0.701. The van der Waals surface area contributed by atoms with Gasteiger partial charge < -0.3 is 5.32 Å². The standard InChI is InChI=1S/C13H17NO/c1-4-6-11-9-14-13(15)12(11)8-5-7-10(2)3/h4-8,10H,1,9H2,2-3H3,(H,14,15)/b7-5+,11-6-,12-8+. The molecule has 0 aliphatic carbocycles. The monoisotopic (exact) mass is 203 g/mol. The molecular formula is C13H17NO. The number of carbonyl (C=O) groups excluding carboxylic acids is 1. The van der Waals surface area contributed by atoms with Crippen LogP contribution in [0.25, 0.3) is 0 Å². The first-order valence-corrected chi connectivity index (χ1v) is 5.13. The van der Waals surface area contributed by atoms with Gasteiger partial charge in [0, 0.05) is 12.1 Å². The van der Waals surface area contributed by atoms with E-state index >= 15 is 0 Å². The van der Waals surface area contributed by atoms with Crippen LogP contribution in [0.4, 0.5) is 0 Å². The molecule has 2 heteroatoms. The third-order valence-corrected chi connectivity index (χ3v) is 2.11. The Balaban J connectivity index is 2.85. The number of rotatable bonds is 3. The predicted molar refractivity (Wildman–Crippen MR) is 63.4 cm³/mol. The van der Waals surface area contributed by atoms with Crippen LogP contribution in [0.15, 0.2) is 48.1 Å². The summed E-state index contributed by atoms with van der Waals surface area (Å²) in [4.78, 5) is 11.4. The van der Waals surface area contributed by atoms with Crippen LogP contribution >= 0.6 is 0 Å². The number of amides is 1. The molecule has 1 heterocycles. The number of carbonyl (C=O) groups is 1. The van der Waals surface area contributed by atoms with Gasteiger partial charge in [-0.15, -0.1) is 0 Å². The molecule has 0 bridgehead atoms. The average molecular weight is 203 g/mol. The van der Waals surface area contributed by atoms with Gasteiger partial charge in [-0.05, 0) is 17.6 Å². The fraction of sp³-hybridized carbons (Fsp3) is 0.308. The third kappa shape index (κ3) is 3.24. The molecule has 15 heavy (non-hydrogen) atoms. The molecule has 0 unspecified atom stereocenters. The molecule has 1 fully saturated rings. The van der Waals surface area contributed by atoms with E-state index in [2.05, 4.69) is 31.8 Å². The predicted octanol–water partition coefficient (Wildman–Crippen LogP) is 2.37. The second-order valence-electron chi connectivity index (χ2n) is 3.82. The molecule has 0 aromatic carbocycles. The Bertz CT molecular complexity index is 346. The van der Waals surface area contributed by atoms with E-state index < -0.39 is 0 Å². The molecule has 1 aliphatic rings. The molecule has 0 atom stereocenters. The van der Waals surface area contributed by atoms with Gasteiger partial charge in [0.1, 0.15) is 0 Å². The smallest absolute Gasteiger partial charge is 0.251 e. The lowest BCUT2D eigenvalue weighted by atomic mass is 10.1. The van der Waals surface area contributed by atoms with Crippen LogP contribution in [0.2, 0.25) is 0 Å². The summed E-state index contributed by atoms with van der Waals surface area (Å²) < 4.78 is 0. The van der Waals surface area contributed by atoms with Gasteiger partial charge in [-0.1, -0.05) is 44.7 Å². The van der Waals surface area contributed by atoms with E-state index in [0.29, 0.717) is 12.5 Å². The highest BCUT2D eigenvalue weighted by atomic mass is 16.2. The van der Waals surface area contributed by atoms with E-state index in [9.17, 15) is 4.79 Å². The first kappa shape index (κ1) is 11.5. The van der Waals surface area contributed by atoms with Crippen molar-refractivity contribution in [2.24, 2.45) is 5.92 Å². The van der Waals surface area contributed by atoms with Crippen LogP contribution in [0.3, 0.4) is 0 Å². The molecule has 2 nitrogen and oxygen atoms in total. The van der Waals surface area contributed by atoms with Crippen molar-refractivity contribution in [1.82, 2.24) is 5.32 Å². The second kappa shape index (κ2) is 5.35. The number of nitrogens with one attached hydrogen (secondary N) is 1. The van der Waals surface area contributed by atoms with E-state index in [4.69, 9.17) is 0 Å². The Hall–Kier alpha value is -1.57. The zero-order valence-electron chi connectivity index (χ0n) is 9.29. The first-order valence-electron chi connectivity index (χ1n) is 5.13. The Morgan fingerprint density at radius 3 is 2.73 bits per heavy atom. The zero-order chi connectivity index (χ0) is 11.3. The highest BCUT2D eigenvalue weighted by Crippen LogP contribution is 2.16. The molecule has 0 saturated carbocycles. The maximum Gasteiger partial charge on any atom is 0.251 e. The lowest BCUT2D eigenvalue weighted by Gasteiger charge is -1.94. The fourth-order valence-corrected chi connectivity index (χ4v) is 1.36. The topological polar surface area (TPSA) is 29.1 Å². The SMILES string of the molecule is C=C/C=C1/CNC(=O)/C1=C/C=C/C(C)C. The Labute approximate surface area is 91.1 Å². The van der Waals surface area contributed by atoms with E-state index in [1.807, 2.05) is 18.2 Å². The summed E-state index contributed by atoms with van der Waals surface area (Å²) in [5.41, 5.74) is 1.75. The van der Waals surface area contributed by atoms with Crippen molar-refractivity contribution < 1.29 is 4.79 Å². The van der Waals surface area contributed by atoms with Crippen LogP contribution in [0.5, 0.6) is 0 Å². The summed E-state index contributed by atoms with van der Waals surface area (Å²) in [6.45, 7) is 8.44. The normalized spacial score (nSPS) is 21.9. The van der Waals surface area contributed by atoms with Crippen molar-refractivity contribution in [3.8, 4) is 0 Å². The third-order valence-electron chi connectivity index (χ3n) is 2.11. The summed E-state index contributed by atoms with van der Waals surface area (Å²) in [6.07, 6.45) is 9.42. The van der Waals surface area contributed by atoms with Crippen LogP contribution in [0, 0.1) is 5.92 Å². The molecule has 80 valence electrons. The van der Waals surface area contributed by atoms with Gasteiger partial charge in [0.25, 0.3) is 5.91 Å². The average Bonchev–Trinajstić information content (AvgIpc) is 2.50. The molecule has 1 rings (SSSR count). The summed E-state index contributed by atoms with van der Waals surface area (Å²) in [5, 5.41) is 2.79. The molecule has 1 aliphatic heterocycles. The number of allylic oxidation sites excluding steroid dienone is 5. The maximum absolute atomic E-state index is 11.4. The molecule has 0 radical (unpaired) electrons. The van der Waals surface area contributed by atoms with Gasteiger partial charge >= 0.3 is 0 Å². The van der Waals surface area contributed by atoms with Crippen molar-refractivity contribution in [3.05, 3.63) is 48.1 Å². The van der Waals surface area contributed by atoms with Gasteiger partial charge in [0.05, 0.1) is 0 Å². The summed E-state index contributed by atoms with van der Waals surface area (Å²) in [7, 11) is 0. The maximum atomic E-state index is 11.4. The van der Waals surface area contributed by atoms with Crippen molar-refractivity contribution in [3.63, 3.8) is 0 Å². The fourth-order valence-electron chi connectivity index (χ4n) is 1.36. The molecule has 0 aromatic rings. The Morgan fingerprint density at radius 1 is 1.40 bits per heavy atom. The second-order valence-corrected chi connectivity index (χ2v) is 3.82. The van der Waals surface area contributed by atoms with E-state index in [1.165, 1.54) is 0 Å². The summed E-state index contributed by atoms with van der Waals surface area (Å²) in [6, 6.07) is 0. The van der Waals surface area contributed by atoms with Crippen molar-refractivity contribution in [1.29, 1.82) is 0 Å². The summed E-state index contributed by atoms with van der Waals surface area (Å²) >= 11 is 0. The minimum Gasteiger partial charge on any atom is -0.348 e. The number of hydrogen-bond donors (Lipinski definition) is 1. The molecule has 0 spiro atoms. The van der Waals surface area contributed by atoms with Crippen LogP contribution < -0.4 is 5.32 Å². The molecule has 1 amide bonds. The van der Waals surface area contributed by atoms with Gasteiger partial charge in [0.15, 0.2) is 0 Å². The van der Waals surface area contributed by atoms with Crippen molar-refractivity contribution in [2.75, 3.05) is 6.54 Å². The van der Waals surface area contributed by atoms with Gasteiger partial charge in [-0.25, -0.2) is 0 Å². The van der Waals surface area contributed by atoms with Gasteiger partial charge in [-0.3, -0.25) is 4.79 Å². The zero-order valence-corrected chi connectivity index (χ0v) is 9.29. The van der Waals surface area contributed by atoms with Gasteiger partial charge in [-0.2, -0.15) is 0 Å². The first-order chi connectivity index (χ1) is 7.15. The number of hydrogen-bond acceptors (Lipinski definition) is 1. The highest BCUT2D eigenvalue weighted by Gasteiger charge is 2.20. The molecular weight excluding hydrogens is 186 g/mol. The van der Waals surface area contributed by atoms with Crippen LogP contribution in [-0.2, 0) is 4.79 Å². The lowest BCUT2D eigenvalue weighted by molar-refractivity contribution is -0.116. The minimum absolute atomic E-state index is 0.00324. The molecule has 0 aromatic heterocycles. The summed E-state index contributed by atoms with van der Waals surface area (Å²) in [5.74, 6) is 0.495. The van der Waals surface area contributed by atoms with Crippen LogP contribution in [-0.4, -0.2) is 12.5 Å². The van der Waals surface area contributed by atoms with Crippen LogP contribution in [0.1, 0.15) is 13.8 Å². The molecule has 1 saturated heterocycles. The Kier molecular flexibility index (Phi) is 4.10. The minimum atomic E-state index is -0.00324. The van der Waals surface area contributed by atoms with Gasteiger partial charge in [0.2, 0.25) is 0 Å². The Morgan fingerprint density at radius 2 is 2.13 bits per heavy atom. The van der Waals surface area contributed by atoms with E-state index in [1.54, 1.807) is 6.08 Å².